The van der Waals surface area contributed by atoms with Crippen molar-refractivity contribution in [2.75, 3.05) is 5.32 Å². The van der Waals surface area contributed by atoms with Crippen molar-refractivity contribution in [1.29, 1.82) is 0 Å². The number of carbonyl (C=O) groups is 1. The van der Waals surface area contributed by atoms with Gasteiger partial charge < -0.3 is 5.32 Å². The van der Waals surface area contributed by atoms with Crippen LogP contribution in [0.2, 0.25) is 0 Å². The SMILES string of the molecule is CCCCCCCC(=O)Nc1c(F)c(F)c(F)c(F)c1F. The van der Waals surface area contributed by atoms with Crippen LogP contribution in [0.1, 0.15) is 45.4 Å². The summed E-state index contributed by atoms with van der Waals surface area (Å²) in [6.45, 7) is 2.02. The Morgan fingerprint density at radius 1 is 0.810 bits per heavy atom. The summed E-state index contributed by atoms with van der Waals surface area (Å²) in [6, 6.07) is 0. The molecule has 1 N–H and O–H groups in total. The van der Waals surface area contributed by atoms with E-state index < -0.39 is 40.7 Å². The number of unbranched alkanes of at least 4 members (excludes halogenated alkanes) is 4. The zero-order valence-electron chi connectivity index (χ0n) is 11.5. The van der Waals surface area contributed by atoms with Crippen molar-refractivity contribution in [1.82, 2.24) is 0 Å². The van der Waals surface area contributed by atoms with Gasteiger partial charge in [0.25, 0.3) is 0 Å². The van der Waals surface area contributed by atoms with Crippen LogP contribution in [0.5, 0.6) is 0 Å². The van der Waals surface area contributed by atoms with Gasteiger partial charge in [-0.15, -0.1) is 0 Å². The molecule has 0 bridgehead atoms. The number of hydrogen-bond acceptors (Lipinski definition) is 1. The molecule has 0 aliphatic heterocycles. The molecule has 0 saturated carbocycles. The highest BCUT2D eigenvalue weighted by Crippen LogP contribution is 2.27. The van der Waals surface area contributed by atoms with Crippen molar-refractivity contribution in [2.24, 2.45) is 0 Å². The van der Waals surface area contributed by atoms with Gasteiger partial charge in [-0.3, -0.25) is 4.79 Å². The third kappa shape index (κ3) is 4.41. The van der Waals surface area contributed by atoms with Crippen LogP contribution in [0.3, 0.4) is 0 Å². The first-order chi connectivity index (χ1) is 9.90. The first-order valence-corrected chi connectivity index (χ1v) is 6.71. The highest BCUT2D eigenvalue weighted by molar-refractivity contribution is 5.90. The number of nitrogens with one attached hydrogen (secondary N) is 1. The first-order valence-electron chi connectivity index (χ1n) is 6.71. The molecular formula is C14H16F5NO. The number of hydrogen-bond donors (Lipinski definition) is 1. The quantitative estimate of drug-likeness (QED) is 0.337. The lowest BCUT2D eigenvalue weighted by Crippen LogP contribution is -2.16. The molecule has 1 rings (SSSR count). The molecule has 0 spiro atoms. The summed E-state index contributed by atoms with van der Waals surface area (Å²) in [5.41, 5.74) is -1.30. The normalized spacial score (nSPS) is 10.8. The molecule has 0 saturated heterocycles. The van der Waals surface area contributed by atoms with Crippen LogP contribution < -0.4 is 5.32 Å². The van der Waals surface area contributed by atoms with E-state index in [2.05, 4.69) is 0 Å². The summed E-state index contributed by atoms with van der Waals surface area (Å²) in [7, 11) is 0. The Hall–Kier alpha value is -1.66. The molecule has 118 valence electrons. The smallest absolute Gasteiger partial charge is 0.224 e. The second-order valence-corrected chi connectivity index (χ2v) is 4.66. The fraction of sp³-hybridized carbons (Fsp3) is 0.500. The summed E-state index contributed by atoms with van der Waals surface area (Å²) < 4.78 is 65.3. The van der Waals surface area contributed by atoms with E-state index in [0.717, 1.165) is 25.7 Å². The Kier molecular flexibility index (Phi) is 6.58. The van der Waals surface area contributed by atoms with Crippen molar-refractivity contribution in [3.05, 3.63) is 29.1 Å². The number of halogens is 5. The molecule has 21 heavy (non-hydrogen) atoms. The molecule has 0 aliphatic rings. The Morgan fingerprint density at radius 3 is 1.81 bits per heavy atom. The number of rotatable bonds is 7. The lowest BCUT2D eigenvalue weighted by molar-refractivity contribution is -0.116. The van der Waals surface area contributed by atoms with Crippen LogP contribution in [0.25, 0.3) is 0 Å². The third-order valence-electron chi connectivity index (χ3n) is 2.98. The number of anilines is 1. The van der Waals surface area contributed by atoms with Crippen molar-refractivity contribution < 1.29 is 26.7 Å². The summed E-state index contributed by atoms with van der Waals surface area (Å²) in [6.07, 6.45) is 4.17. The maximum Gasteiger partial charge on any atom is 0.224 e. The Bertz CT molecular complexity index is 490. The lowest BCUT2D eigenvalue weighted by Gasteiger charge is -2.09. The predicted molar refractivity (Wildman–Crippen MR) is 68.2 cm³/mol. The van der Waals surface area contributed by atoms with Gasteiger partial charge in [-0.2, -0.15) is 0 Å². The molecule has 0 aliphatic carbocycles. The van der Waals surface area contributed by atoms with Crippen LogP contribution in [-0.2, 0) is 4.79 Å². The van der Waals surface area contributed by atoms with Gasteiger partial charge in [-0.05, 0) is 6.42 Å². The predicted octanol–water partition coefficient (Wildman–Crippen LogP) is 4.68. The van der Waals surface area contributed by atoms with Crippen molar-refractivity contribution in [3.8, 4) is 0 Å². The third-order valence-corrected chi connectivity index (χ3v) is 2.98. The minimum absolute atomic E-state index is 0.0385. The van der Waals surface area contributed by atoms with Crippen LogP contribution in [0, 0.1) is 29.1 Å². The Balaban J connectivity index is 2.69. The van der Waals surface area contributed by atoms with Gasteiger partial charge in [0, 0.05) is 6.42 Å². The van der Waals surface area contributed by atoms with E-state index in [1.807, 2.05) is 6.92 Å². The molecule has 0 heterocycles. The van der Waals surface area contributed by atoms with Gasteiger partial charge in [-0.1, -0.05) is 32.6 Å². The molecule has 1 aromatic rings. The standard InChI is InChI=1S/C14H16F5NO/c1-2-3-4-5-6-7-8(21)20-14-12(18)10(16)9(15)11(17)13(14)19/h2-7H2,1H3,(H,20,21). The van der Waals surface area contributed by atoms with E-state index >= 15 is 0 Å². The summed E-state index contributed by atoms with van der Waals surface area (Å²) in [5.74, 6) is -11.3. The molecule has 2 nitrogen and oxygen atoms in total. The van der Waals surface area contributed by atoms with Gasteiger partial charge in [0.1, 0.15) is 5.69 Å². The Morgan fingerprint density at radius 2 is 1.29 bits per heavy atom. The zero-order valence-corrected chi connectivity index (χ0v) is 11.5. The molecule has 0 atom stereocenters. The summed E-state index contributed by atoms with van der Waals surface area (Å²) in [5, 5.41) is 1.74. The van der Waals surface area contributed by atoms with E-state index in [-0.39, 0.29) is 6.42 Å². The average molecular weight is 309 g/mol. The molecule has 1 amide bonds. The van der Waals surface area contributed by atoms with Gasteiger partial charge in [0.05, 0.1) is 0 Å². The van der Waals surface area contributed by atoms with Crippen LogP contribution in [-0.4, -0.2) is 5.91 Å². The van der Waals surface area contributed by atoms with Gasteiger partial charge in [0.15, 0.2) is 23.3 Å². The van der Waals surface area contributed by atoms with Crippen molar-refractivity contribution in [3.63, 3.8) is 0 Å². The van der Waals surface area contributed by atoms with E-state index in [0.29, 0.717) is 6.42 Å². The van der Waals surface area contributed by atoms with Gasteiger partial charge in [-0.25, -0.2) is 22.0 Å². The topological polar surface area (TPSA) is 29.1 Å². The van der Waals surface area contributed by atoms with Crippen molar-refractivity contribution >= 4 is 11.6 Å². The lowest BCUT2D eigenvalue weighted by atomic mass is 10.1. The highest BCUT2D eigenvalue weighted by Gasteiger charge is 2.26. The highest BCUT2D eigenvalue weighted by atomic mass is 19.2. The molecular weight excluding hydrogens is 293 g/mol. The van der Waals surface area contributed by atoms with Crippen LogP contribution in [0.4, 0.5) is 27.6 Å². The molecule has 0 aromatic heterocycles. The average Bonchev–Trinajstić information content (AvgIpc) is 2.47. The molecule has 0 fully saturated rings. The van der Waals surface area contributed by atoms with Crippen LogP contribution in [0.15, 0.2) is 0 Å². The summed E-state index contributed by atoms with van der Waals surface area (Å²) in [4.78, 5) is 11.5. The molecule has 7 heteroatoms. The fourth-order valence-electron chi connectivity index (χ4n) is 1.81. The summed E-state index contributed by atoms with van der Waals surface area (Å²) >= 11 is 0. The second-order valence-electron chi connectivity index (χ2n) is 4.66. The zero-order chi connectivity index (χ0) is 16.0. The van der Waals surface area contributed by atoms with Crippen molar-refractivity contribution in [2.45, 2.75) is 45.4 Å². The van der Waals surface area contributed by atoms with E-state index in [4.69, 9.17) is 0 Å². The van der Waals surface area contributed by atoms with E-state index in [1.54, 1.807) is 5.32 Å². The maximum atomic E-state index is 13.3. The maximum absolute atomic E-state index is 13.3. The monoisotopic (exact) mass is 309 g/mol. The minimum atomic E-state index is -2.25. The van der Waals surface area contributed by atoms with Crippen LogP contribution >= 0.6 is 0 Å². The van der Waals surface area contributed by atoms with Gasteiger partial charge >= 0.3 is 0 Å². The fourth-order valence-corrected chi connectivity index (χ4v) is 1.81. The van der Waals surface area contributed by atoms with E-state index in [1.165, 1.54) is 0 Å². The first kappa shape index (κ1) is 17.4. The second kappa shape index (κ2) is 7.95. The van der Waals surface area contributed by atoms with Gasteiger partial charge in [0.2, 0.25) is 11.7 Å². The molecule has 0 radical (unpaired) electrons. The Labute approximate surface area is 119 Å². The minimum Gasteiger partial charge on any atom is -0.321 e. The number of benzene rings is 1. The number of amides is 1. The van der Waals surface area contributed by atoms with E-state index in [9.17, 15) is 26.7 Å². The molecule has 0 unspecified atom stereocenters. The largest absolute Gasteiger partial charge is 0.321 e. The molecule has 1 aromatic carbocycles. The number of carbonyl (C=O) groups excluding carboxylic acids is 1.